The number of hydrogen-bond acceptors (Lipinski definition) is 4. The SMILES string of the molecule is Cc1cc(NC2CNC2)cc([N+](=O)[O-])c1. The van der Waals surface area contributed by atoms with Crippen LogP contribution < -0.4 is 10.6 Å². The number of nitro groups is 1. The number of nitrogens with zero attached hydrogens (tertiary/aromatic N) is 1. The van der Waals surface area contributed by atoms with Gasteiger partial charge in [0.05, 0.1) is 11.0 Å². The van der Waals surface area contributed by atoms with Crippen molar-refractivity contribution in [3.63, 3.8) is 0 Å². The second-order valence-electron chi connectivity index (χ2n) is 3.81. The quantitative estimate of drug-likeness (QED) is 0.579. The highest BCUT2D eigenvalue weighted by Gasteiger charge is 2.17. The molecule has 5 heteroatoms. The molecule has 5 nitrogen and oxygen atoms in total. The molecule has 0 atom stereocenters. The van der Waals surface area contributed by atoms with E-state index in [4.69, 9.17) is 0 Å². The third-order valence-corrected chi connectivity index (χ3v) is 2.43. The van der Waals surface area contributed by atoms with Crippen LogP contribution in [-0.4, -0.2) is 24.1 Å². The van der Waals surface area contributed by atoms with E-state index in [1.54, 1.807) is 12.1 Å². The first-order valence-corrected chi connectivity index (χ1v) is 4.88. The molecule has 1 aliphatic heterocycles. The van der Waals surface area contributed by atoms with Gasteiger partial charge in [0, 0.05) is 30.9 Å². The lowest BCUT2D eigenvalue weighted by Crippen LogP contribution is -2.51. The molecule has 0 amide bonds. The fourth-order valence-electron chi connectivity index (χ4n) is 1.58. The minimum atomic E-state index is -0.364. The second-order valence-corrected chi connectivity index (χ2v) is 3.81. The minimum Gasteiger partial charge on any atom is -0.380 e. The van der Waals surface area contributed by atoms with Crippen molar-refractivity contribution in [2.45, 2.75) is 13.0 Å². The number of nitro benzene ring substituents is 1. The maximum Gasteiger partial charge on any atom is 0.271 e. The standard InChI is InChI=1S/C10H13N3O2/c1-7-2-8(12-9-5-11-6-9)4-10(3-7)13(14)15/h2-4,9,11-12H,5-6H2,1H3. The molecule has 1 aliphatic rings. The van der Waals surface area contributed by atoms with Crippen molar-refractivity contribution in [2.75, 3.05) is 18.4 Å². The van der Waals surface area contributed by atoms with Crippen LogP contribution in [0.4, 0.5) is 11.4 Å². The largest absolute Gasteiger partial charge is 0.380 e. The molecule has 0 unspecified atom stereocenters. The van der Waals surface area contributed by atoms with Gasteiger partial charge >= 0.3 is 0 Å². The number of anilines is 1. The number of rotatable bonds is 3. The molecular weight excluding hydrogens is 194 g/mol. The van der Waals surface area contributed by atoms with E-state index in [1.165, 1.54) is 0 Å². The molecule has 80 valence electrons. The molecule has 1 aromatic carbocycles. The molecule has 0 radical (unpaired) electrons. The molecule has 1 saturated heterocycles. The summed E-state index contributed by atoms with van der Waals surface area (Å²) in [5, 5.41) is 17.0. The number of non-ortho nitro benzene ring substituents is 1. The van der Waals surface area contributed by atoms with Gasteiger partial charge in [0.2, 0.25) is 0 Å². The van der Waals surface area contributed by atoms with Gasteiger partial charge in [0.1, 0.15) is 0 Å². The molecule has 2 rings (SSSR count). The van der Waals surface area contributed by atoms with Crippen molar-refractivity contribution in [1.29, 1.82) is 0 Å². The Bertz CT molecular complexity index is 388. The number of hydrogen-bond donors (Lipinski definition) is 2. The predicted octanol–water partition coefficient (Wildman–Crippen LogP) is 1.29. The van der Waals surface area contributed by atoms with Crippen molar-refractivity contribution in [3.8, 4) is 0 Å². The average molecular weight is 207 g/mol. The molecule has 1 fully saturated rings. The lowest BCUT2D eigenvalue weighted by Gasteiger charge is -2.29. The van der Waals surface area contributed by atoms with Gasteiger partial charge < -0.3 is 10.6 Å². The van der Waals surface area contributed by atoms with E-state index in [0.717, 1.165) is 24.3 Å². The Morgan fingerprint density at radius 1 is 1.47 bits per heavy atom. The Balaban J connectivity index is 2.18. The molecule has 0 spiro atoms. The third kappa shape index (κ3) is 2.24. The maximum atomic E-state index is 10.6. The van der Waals surface area contributed by atoms with E-state index in [1.807, 2.05) is 13.0 Å². The number of benzene rings is 1. The molecule has 0 saturated carbocycles. The van der Waals surface area contributed by atoms with Crippen LogP contribution in [0, 0.1) is 17.0 Å². The van der Waals surface area contributed by atoms with Gasteiger partial charge in [-0.25, -0.2) is 0 Å². The molecule has 1 aromatic rings. The van der Waals surface area contributed by atoms with Crippen molar-refractivity contribution in [1.82, 2.24) is 5.32 Å². The Labute approximate surface area is 87.6 Å². The van der Waals surface area contributed by atoms with E-state index in [0.29, 0.717) is 6.04 Å². The van der Waals surface area contributed by atoms with Crippen molar-refractivity contribution in [3.05, 3.63) is 33.9 Å². The van der Waals surface area contributed by atoms with Crippen LogP contribution >= 0.6 is 0 Å². The van der Waals surface area contributed by atoms with Crippen LogP contribution in [-0.2, 0) is 0 Å². The van der Waals surface area contributed by atoms with Crippen LogP contribution in [0.3, 0.4) is 0 Å². The van der Waals surface area contributed by atoms with Crippen molar-refractivity contribution >= 4 is 11.4 Å². The van der Waals surface area contributed by atoms with E-state index >= 15 is 0 Å². The monoisotopic (exact) mass is 207 g/mol. The molecule has 0 bridgehead atoms. The summed E-state index contributed by atoms with van der Waals surface area (Å²) in [4.78, 5) is 10.3. The predicted molar refractivity (Wildman–Crippen MR) is 58.1 cm³/mol. The van der Waals surface area contributed by atoms with Crippen LogP contribution in [0.15, 0.2) is 18.2 Å². The summed E-state index contributed by atoms with van der Waals surface area (Å²) in [6.45, 7) is 3.70. The summed E-state index contributed by atoms with van der Waals surface area (Å²) in [5.41, 5.74) is 1.87. The van der Waals surface area contributed by atoms with Gasteiger partial charge in [0.25, 0.3) is 5.69 Å². The van der Waals surface area contributed by atoms with Crippen molar-refractivity contribution < 1.29 is 4.92 Å². The molecule has 15 heavy (non-hydrogen) atoms. The zero-order valence-electron chi connectivity index (χ0n) is 8.49. The van der Waals surface area contributed by atoms with Gasteiger partial charge in [0.15, 0.2) is 0 Å². The number of aryl methyl sites for hydroxylation is 1. The first-order valence-electron chi connectivity index (χ1n) is 4.88. The molecular formula is C10H13N3O2. The highest BCUT2D eigenvalue weighted by Crippen LogP contribution is 2.21. The van der Waals surface area contributed by atoms with Crippen LogP contribution in [0.2, 0.25) is 0 Å². The summed E-state index contributed by atoms with van der Waals surface area (Å²) in [5.74, 6) is 0. The summed E-state index contributed by atoms with van der Waals surface area (Å²) in [6, 6.07) is 5.47. The highest BCUT2D eigenvalue weighted by molar-refractivity contribution is 5.54. The number of nitrogens with one attached hydrogen (secondary N) is 2. The average Bonchev–Trinajstić information content (AvgIpc) is 2.10. The third-order valence-electron chi connectivity index (χ3n) is 2.43. The van der Waals surface area contributed by atoms with Crippen molar-refractivity contribution in [2.24, 2.45) is 0 Å². The Morgan fingerprint density at radius 3 is 2.73 bits per heavy atom. The summed E-state index contributed by atoms with van der Waals surface area (Å²) in [7, 11) is 0. The fourth-order valence-corrected chi connectivity index (χ4v) is 1.58. The zero-order chi connectivity index (χ0) is 10.8. The van der Waals surface area contributed by atoms with Gasteiger partial charge in [-0.3, -0.25) is 10.1 Å². The first-order chi connectivity index (χ1) is 7.15. The minimum absolute atomic E-state index is 0.143. The lowest BCUT2D eigenvalue weighted by atomic mass is 10.1. The highest BCUT2D eigenvalue weighted by atomic mass is 16.6. The molecule has 0 aliphatic carbocycles. The van der Waals surface area contributed by atoms with Gasteiger partial charge in [-0.15, -0.1) is 0 Å². The van der Waals surface area contributed by atoms with E-state index < -0.39 is 0 Å². The van der Waals surface area contributed by atoms with Crippen LogP contribution in [0.5, 0.6) is 0 Å². The Morgan fingerprint density at radius 2 is 2.20 bits per heavy atom. The first kappa shape index (κ1) is 9.92. The zero-order valence-corrected chi connectivity index (χ0v) is 8.49. The molecule has 2 N–H and O–H groups in total. The Kier molecular flexibility index (Phi) is 2.55. The van der Waals surface area contributed by atoms with Crippen LogP contribution in [0.1, 0.15) is 5.56 Å². The van der Waals surface area contributed by atoms with E-state index in [-0.39, 0.29) is 10.6 Å². The topological polar surface area (TPSA) is 67.2 Å². The Hall–Kier alpha value is -1.62. The molecule has 1 heterocycles. The lowest BCUT2D eigenvalue weighted by molar-refractivity contribution is -0.384. The van der Waals surface area contributed by atoms with E-state index in [2.05, 4.69) is 10.6 Å². The summed E-state index contributed by atoms with van der Waals surface area (Å²) in [6.07, 6.45) is 0. The van der Waals surface area contributed by atoms with E-state index in [9.17, 15) is 10.1 Å². The van der Waals surface area contributed by atoms with Gasteiger partial charge in [-0.05, 0) is 18.6 Å². The second kappa shape index (κ2) is 3.86. The molecule has 0 aromatic heterocycles. The van der Waals surface area contributed by atoms with Gasteiger partial charge in [-0.2, -0.15) is 0 Å². The summed E-state index contributed by atoms with van der Waals surface area (Å²) >= 11 is 0. The fraction of sp³-hybridized carbons (Fsp3) is 0.400. The maximum absolute atomic E-state index is 10.6. The normalized spacial score (nSPS) is 15.8. The summed E-state index contributed by atoms with van der Waals surface area (Å²) < 4.78 is 0. The smallest absolute Gasteiger partial charge is 0.271 e. The van der Waals surface area contributed by atoms with Crippen LogP contribution in [0.25, 0.3) is 0 Å². The van der Waals surface area contributed by atoms with Gasteiger partial charge in [-0.1, -0.05) is 0 Å².